The monoisotopic (exact) mass is 555 g/mol. The molecule has 3 atom stereocenters. The van der Waals surface area contributed by atoms with Gasteiger partial charge in [0.15, 0.2) is 6.10 Å². The molecular weight excluding hydrogens is 522 g/mol. The summed E-state index contributed by atoms with van der Waals surface area (Å²) in [4.78, 5) is 25.8. The fraction of sp³-hybridized carbons (Fsp3) is 0.481. The van der Waals surface area contributed by atoms with Crippen LogP contribution in [0.4, 0.5) is 17.6 Å². The second-order valence-electron chi connectivity index (χ2n) is 10.0. The summed E-state index contributed by atoms with van der Waals surface area (Å²) in [7, 11) is 0. The Balaban J connectivity index is 1.70. The van der Waals surface area contributed by atoms with Crippen LogP contribution in [0.15, 0.2) is 54.6 Å². The third-order valence-corrected chi connectivity index (χ3v) is 7.51. The van der Waals surface area contributed by atoms with Crippen molar-refractivity contribution in [2.75, 3.05) is 11.5 Å². The van der Waals surface area contributed by atoms with E-state index in [1.165, 1.54) is 25.6 Å². The van der Waals surface area contributed by atoms with Gasteiger partial charge in [0.05, 0.1) is 11.6 Å². The van der Waals surface area contributed by atoms with Gasteiger partial charge < -0.3 is 15.7 Å². The van der Waals surface area contributed by atoms with Crippen LogP contribution in [0, 0.1) is 11.7 Å². The molecule has 1 aliphatic carbocycles. The molecule has 38 heavy (non-hydrogen) atoms. The van der Waals surface area contributed by atoms with Crippen LogP contribution < -0.4 is 16.0 Å². The Bertz CT molecular complexity index is 1060. The van der Waals surface area contributed by atoms with Gasteiger partial charge in [-0.3, -0.25) is 14.9 Å². The molecular formula is C27H33F4N3O3S. The van der Waals surface area contributed by atoms with Crippen LogP contribution in [-0.2, 0) is 16.1 Å². The van der Waals surface area contributed by atoms with Crippen molar-refractivity contribution in [2.45, 2.75) is 63.1 Å². The van der Waals surface area contributed by atoms with Crippen molar-refractivity contribution in [3.8, 4) is 0 Å². The fourth-order valence-corrected chi connectivity index (χ4v) is 5.04. The molecule has 0 aromatic heterocycles. The molecule has 1 unspecified atom stereocenters. The summed E-state index contributed by atoms with van der Waals surface area (Å²) >= 11 is 1.36. The highest BCUT2D eigenvalue weighted by molar-refractivity contribution is 7.99. The highest BCUT2D eigenvalue weighted by atomic mass is 32.2. The predicted molar refractivity (Wildman–Crippen MR) is 139 cm³/mol. The van der Waals surface area contributed by atoms with Crippen molar-refractivity contribution >= 4 is 23.6 Å². The predicted octanol–water partition coefficient (Wildman–Crippen LogP) is 4.10. The third kappa shape index (κ3) is 8.99. The maximum atomic E-state index is 14.0. The zero-order valence-corrected chi connectivity index (χ0v) is 22.0. The Kier molecular flexibility index (Phi) is 10.2. The van der Waals surface area contributed by atoms with Gasteiger partial charge in [-0.2, -0.15) is 24.9 Å². The fourth-order valence-electron chi connectivity index (χ4n) is 3.76. The Morgan fingerprint density at radius 2 is 1.66 bits per heavy atom. The molecule has 1 fully saturated rings. The van der Waals surface area contributed by atoms with Gasteiger partial charge in [0.2, 0.25) is 5.91 Å². The number of thioether (sulfide) groups is 1. The summed E-state index contributed by atoms with van der Waals surface area (Å²) in [5.74, 6) is -0.943. The van der Waals surface area contributed by atoms with Gasteiger partial charge in [-0.15, -0.1) is 0 Å². The lowest BCUT2D eigenvalue weighted by molar-refractivity contribution is -0.160. The third-order valence-electron chi connectivity index (χ3n) is 6.24. The van der Waals surface area contributed by atoms with Crippen molar-refractivity contribution in [3.63, 3.8) is 0 Å². The normalized spacial score (nSPS) is 16.4. The number of aliphatic hydroxyl groups excluding tert-OH is 1. The summed E-state index contributed by atoms with van der Waals surface area (Å²) in [6.07, 6.45) is -4.32. The summed E-state index contributed by atoms with van der Waals surface area (Å²) < 4.78 is 55.3. The molecule has 0 aliphatic heterocycles. The van der Waals surface area contributed by atoms with Gasteiger partial charge >= 0.3 is 6.18 Å². The van der Waals surface area contributed by atoms with E-state index in [1.807, 2.05) is 6.07 Å². The van der Waals surface area contributed by atoms with Crippen LogP contribution in [0.2, 0.25) is 0 Å². The summed E-state index contributed by atoms with van der Waals surface area (Å²) in [5.41, 5.74) is -0.906. The first-order valence-electron chi connectivity index (χ1n) is 12.3. The van der Waals surface area contributed by atoms with E-state index in [-0.39, 0.29) is 17.9 Å². The van der Waals surface area contributed by atoms with Crippen LogP contribution in [0.3, 0.4) is 0 Å². The average Bonchev–Trinajstić information content (AvgIpc) is 3.69. The van der Waals surface area contributed by atoms with Gasteiger partial charge in [0, 0.05) is 12.3 Å². The van der Waals surface area contributed by atoms with Gasteiger partial charge in [0.1, 0.15) is 11.9 Å². The minimum Gasteiger partial charge on any atom is -0.381 e. The maximum absolute atomic E-state index is 14.0. The standard InChI is InChI=1S/C27H33F4N3O3S/c1-26(2,23(35)25(37)32-14-17-6-4-3-5-7-17)34-24(36)21(16-38-15-18-8-9-18)33-22(27(29,30)31)19-10-12-20(28)13-11-19/h3-7,10-13,18,21-23,33,35H,8-9,14-16H2,1-2H3,(H,32,37)(H,34,36)/t21-,22+,23?/m0/s1. The molecule has 208 valence electrons. The highest BCUT2D eigenvalue weighted by Crippen LogP contribution is 2.35. The lowest BCUT2D eigenvalue weighted by atomic mass is 9.95. The molecule has 6 nitrogen and oxygen atoms in total. The first kappa shape index (κ1) is 29.9. The van der Waals surface area contributed by atoms with Gasteiger partial charge in [-0.05, 0) is 61.6 Å². The Labute approximate surface area is 224 Å². The van der Waals surface area contributed by atoms with Crippen LogP contribution in [0.5, 0.6) is 0 Å². The van der Waals surface area contributed by atoms with E-state index in [4.69, 9.17) is 0 Å². The zero-order chi connectivity index (χ0) is 27.9. The van der Waals surface area contributed by atoms with E-state index in [2.05, 4.69) is 16.0 Å². The molecule has 1 aliphatic rings. The molecule has 1 saturated carbocycles. The van der Waals surface area contributed by atoms with Crippen LogP contribution >= 0.6 is 11.8 Å². The number of halogens is 4. The topological polar surface area (TPSA) is 90.5 Å². The quantitative estimate of drug-likeness (QED) is 0.280. The van der Waals surface area contributed by atoms with Crippen molar-refractivity contribution in [2.24, 2.45) is 5.92 Å². The number of aliphatic hydroxyl groups is 1. The Morgan fingerprint density at radius 3 is 2.24 bits per heavy atom. The minimum absolute atomic E-state index is 0.0441. The van der Waals surface area contributed by atoms with Crippen molar-refractivity contribution in [1.29, 1.82) is 0 Å². The number of carbonyl (C=O) groups excluding carboxylic acids is 2. The van der Waals surface area contributed by atoms with E-state index in [0.29, 0.717) is 11.7 Å². The first-order chi connectivity index (χ1) is 17.9. The molecule has 0 spiro atoms. The van der Waals surface area contributed by atoms with Crippen molar-refractivity contribution in [3.05, 3.63) is 71.5 Å². The summed E-state index contributed by atoms with van der Waals surface area (Å²) in [6.45, 7) is 3.01. The number of carbonyl (C=O) groups is 2. The van der Waals surface area contributed by atoms with Crippen molar-refractivity contribution in [1.82, 2.24) is 16.0 Å². The van der Waals surface area contributed by atoms with Gasteiger partial charge in [-0.25, -0.2) is 4.39 Å². The second-order valence-corrected chi connectivity index (χ2v) is 11.1. The molecule has 2 aromatic rings. The Hall–Kier alpha value is -2.63. The number of benzene rings is 2. The molecule has 3 rings (SSSR count). The van der Waals surface area contributed by atoms with Crippen LogP contribution in [0.25, 0.3) is 0 Å². The van der Waals surface area contributed by atoms with Crippen LogP contribution in [-0.4, -0.2) is 52.3 Å². The number of nitrogens with one attached hydrogen (secondary N) is 3. The molecule has 0 saturated heterocycles. The highest BCUT2D eigenvalue weighted by Gasteiger charge is 2.44. The van der Waals surface area contributed by atoms with E-state index >= 15 is 0 Å². The molecule has 0 bridgehead atoms. The summed E-state index contributed by atoms with van der Waals surface area (Å²) in [6, 6.07) is 9.42. The first-order valence-corrected chi connectivity index (χ1v) is 13.5. The number of hydrogen-bond donors (Lipinski definition) is 4. The van der Waals surface area contributed by atoms with Crippen LogP contribution in [0.1, 0.15) is 43.9 Å². The van der Waals surface area contributed by atoms with E-state index in [0.717, 1.165) is 42.7 Å². The summed E-state index contributed by atoms with van der Waals surface area (Å²) in [5, 5.41) is 18.2. The largest absolute Gasteiger partial charge is 0.407 e. The van der Waals surface area contributed by atoms with Gasteiger partial charge in [-0.1, -0.05) is 42.5 Å². The molecule has 11 heteroatoms. The maximum Gasteiger partial charge on any atom is 0.407 e. The molecule has 0 radical (unpaired) electrons. The number of amides is 2. The average molecular weight is 556 g/mol. The van der Waals surface area contributed by atoms with E-state index in [1.54, 1.807) is 24.3 Å². The smallest absolute Gasteiger partial charge is 0.381 e. The second kappa shape index (κ2) is 12.9. The Morgan fingerprint density at radius 1 is 1.03 bits per heavy atom. The lowest BCUT2D eigenvalue weighted by Crippen LogP contribution is -2.61. The molecule has 2 aromatic carbocycles. The van der Waals surface area contributed by atoms with E-state index in [9.17, 15) is 32.3 Å². The van der Waals surface area contributed by atoms with E-state index < -0.39 is 47.5 Å². The SMILES string of the molecule is CC(C)(NC(=O)[C@H](CSCC1CC1)N[C@H](c1ccc(F)cc1)C(F)(F)F)C(O)C(=O)NCc1ccccc1. The molecule has 0 heterocycles. The zero-order valence-electron chi connectivity index (χ0n) is 21.2. The number of hydrogen-bond acceptors (Lipinski definition) is 5. The molecule has 2 amide bonds. The van der Waals surface area contributed by atoms with Gasteiger partial charge in [0.25, 0.3) is 5.91 Å². The number of rotatable bonds is 13. The molecule has 4 N–H and O–H groups in total. The lowest BCUT2D eigenvalue weighted by Gasteiger charge is -2.34. The number of alkyl halides is 3. The van der Waals surface area contributed by atoms with Crippen molar-refractivity contribution < 1.29 is 32.3 Å². The minimum atomic E-state index is -4.76.